The third-order valence-electron chi connectivity index (χ3n) is 7.40. The Labute approximate surface area is 229 Å². The van der Waals surface area contributed by atoms with E-state index in [4.69, 9.17) is 9.72 Å². The van der Waals surface area contributed by atoms with Gasteiger partial charge in [-0.1, -0.05) is 6.42 Å². The summed E-state index contributed by atoms with van der Waals surface area (Å²) in [5.41, 5.74) is 6.92. The largest absolute Gasteiger partial charge is 0.497 e. The highest BCUT2D eigenvalue weighted by Crippen LogP contribution is 2.33. The van der Waals surface area contributed by atoms with Crippen molar-refractivity contribution >= 4 is 21.9 Å². The molecule has 1 saturated heterocycles. The van der Waals surface area contributed by atoms with E-state index in [2.05, 4.69) is 41.1 Å². The van der Waals surface area contributed by atoms with Crippen molar-refractivity contribution in [2.75, 3.05) is 20.2 Å². The van der Waals surface area contributed by atoms with Gasteiger partial charge in [-0.05, 0) is 61.8 Å². The van der Waals surface area contributed by atoms with E-state index >= 15 is 0 Å². The molecule has 0 amide bonds. The lowest BCUT2D eigenvalue weighted by Gasteiger charge is -2.26. The summed E-state index contributed by atoms with van der Waals surface area (Å²) in [4.78, 5) is 24.4. The maximum absolute atomic E-state index is 14.3. The van der Waals surface area contributed by atoms with Crippen LogP contribution in [0.2, 0.25) is 0 Å². The zero-order valence-corrected chi connectivity index (χ0v) is 22.0. The van der Waals surface area contributed by atoms with Crippen LogP contribution in [-0.4, -0.2) is 60.2 Å². The van der Waals surface area contributed by atoms with Crippen molar-refractivity contribution in [3.63, 3.8) is 0 Å². The molecule has 1 fully saturated rings. The molecule has 1 aromatic carbocycles. The molecule has 40 heavy (non-hydrogen) atoms. The predicted molar refractivity (Wildman–Crippen MR) is 151 cm³/mol. The van der Waals surface area contributed by atoms with E-state index in [1.54, 1.807) is 18.5 Å². The van der Waals surface area contributed by atoms with Gasteiger partial charge in [0.1, 0.15) is 22.8 Å². The number of aromatic nitrogens is 7. The fourth-order valence-electron chi connectivity index (χ4n) is 5.42. The van der Waals surface area contributed by atoms with Gasteiger partial charge in [-0.2, -0.15) is 5.10 Å². The van der Waals surface area contributed by atoms with Crippen LogP contribution < -0.4 is 4.74 Å². The number of ether oxygens (including phenoxy) is 1. The zero-order valence-electron chi connectivity index (χ0n) is 22.0. The second kappa shape index (κ2) is 10.1. The number of nitrogens with zero attached hydrogens (tertiary/aromatic N) is 6. The number of halogens is 1. The number of hydrogen-bond donors (Lipinski definition) is 2. The maximum Gasteiger partial charge on any atom is 0.159 e. The summed E-state index contributed by atoms with van der Waals surface area (Å²) in [6.45, 7) is 3.16. The Bertz CT molecular complexity index is 1840. The second-order valence-corrected chi connectivity index (χ2v) is 10.1. The number of imidazole rings is 1. The van der Waals surface area contributed by atoms with Gasteiger partial charge in [0.05, 0.1) is 35.7 Å². The van der Waals surface area contributed by atoms with Crippen molar-refractivity contribution in [1.29, 1.82) is 0 Å². The monoisotopic (exact) mass is 534 g/mol. The van der Waals surface area contributed by atoms with Crippen LogP contribution in [0.25, 0.3) is 56.0 Å². The number of nitrogens with one attached hydrogen (secondary N) is 2. The van der Waals surface area contributed by atoms with Gasteiger partial charge in [-0.15, -0.1) is 0 Å². The van der Waals surface area contributed by atoms with Crippen molar-refractivity contribution in [3.05, 3.63) is 72.6 Å². The van der Waals surface area contributed by atoms with Gasteiger partial charge < -0.3 is 9.72 Å². The van der Waals surface area contributed by atoms with Gasteiger partial charge in [-0.3, -0.25) is 25.0 Å². The van der Waals surface area contributed by atoms with Crippen LogP contribution in [0.4, 0.5) is 4.39 Å². The van der Waals surface area contributed by atoms with E-state index in [0.29, 0.717) is 34.0 Å². The van der Waals surface area contributed by atoms with Crippen LogP contribution in [-0.2, 0) is 6.54 Å². The average Bonchev–Trinajstić information content (AvgIpc) is 3.61. The number of benzene rings is 1. The van der Waals surface area contributed by atoms with Crippen LogP contribution >= 0.6 is 0 Å². The Morgan fingerprint density at radius 2 is 1.82 bits per heavy atom. The molecule has 1 aliphatic rings. The number of hydrogen-bond acceptors (Lipinski definition) is 7. The van der Waals surface area contributed by atoms with Crippen molar-refractivity contribution in [1.82, 2.24) is 40.0 Å². The molecule has 0 bridgehead atoms. The lowest BCUT2D eigenvalue weighted by atomic mass is 10.1. The van der Waals surface area contributed by atoms with Crippen molar-refractivity contribution in [2.24, 2.45) is 0 Å². The number of piperidine rings is 1. The third-order valence-corrected chi connectivity index (χ3v) is 7.40. The summed E-state index contributed by atoms with van der Waals surface area (Å²) in [6, 6.07) is 10.5. The minimum Gasteiger partial charge on any atom is -0.497 e. The first-order valence-electron chi connectivity index (χ1n) is 13.4. The fourth-order valence-corrected chi connectivity index (χ4v) is 5.42. The molecule has 6 heterocycles. The summed E-state index contributed by atoms with van der Waals surface area (Å²) in [7, 11) is 1.51. The van der Waals surface area contributed by atoms with Crippen LogP contribution in [0, 0.1) is 5.82 Å². The smallest absolute Gasteiger partial charge is 0.159 e. The molecular weight excluding hydrogens is 507 g/mol. The quantitative estimate of drug-likeness (QED) is 0.280. The Morgan fingerprint density at radius 3 is 2.70 bits per heavy atom. The van der Waals surface area contributed by atoms with Gasteiger partial charge in [0.15, 0.2) is 5.82 Å². The Morgan fingerprint density at radius 1 is 0.925 bits per heavy atom. The Kier molecular flexibility index (Phi) is 6.16. The van der Waals surface area contributed by atoms with E-state index < -0.39 is 5.82 Å². The van der Waals surface area contributed by atoms with E-state index in [0.717, 1.165) is 47.3 Å². The molecular formula is C30H27FN8O. The Hall–Kier alpha value is -4.70. The molecule has 200 valence electrons. The summed E-state index contributed by atoms with van der Waals surface area (Å²) in [6.07, 6.45) is 11.1. The first-order valence-corrected chi connectivity index (χ1v) is 13.4. The first-order chi connectivity index (χ1) is 19.6. The number of rotatable bonds is 6. The van der Waals surface area contributed by atoms with E-state index in [-0.39, 0.29) is 0 Å². The minimum atomic E-state index is -0.406. The molecule has 6 aromatic rings. The van der Waals surface area contributed by atoms with Crippen molar-refractivity contribution in [3.8, 4) is 39.8 Å². The molecule has 0 spiro atoms. The summed E-state index contributed by atoms with van der Waals surface area (Å²) < 4.78 is 19.5. The van der Waals surface area contributed by atoms with Gasteiger partial charge in [0.25, 0.3) is 0 Å². The molecule has 1 aliphatic heterocycles. The molecule has 10 heteroatoms. The van der Waals surface area contributed by atoms with Crippen molar-refractivity contribution in [2.45, 2.75) is 25.8 Å². The highest BCUT2D eigenvalue weighted by Gasteiger charge is 2.18. The normalized spacial score (nSPS) is 14.2. The molecule has 0 atom stereocenters. The van der Waals surface area contributed by atoms with Crippen LogP contribution in [0.1, 0.15) is 24.8 Å². The van der Waals surface area contributed by atoms with Crippen LogP contribution in [0.15, 0.2) is 61.2 Å². The topological polar surface area (TPSA) is 108 Å². The number of aromatic amines is 2. The average molecular weight is 535 g/mol. The van der Waals surface area contributed by atoms with Crippen LogP contribution in [0.5, 0.6) is 5.75 Å². The Balaban J connectivity index is 1.26. The summed E-state index contributed by atoms with van der Waals surface area (Å²) in [5, 5.41) is 8.50. The van der Waals surface area contributed by atoms with E-state index in [1.807, 2.05) is 24.5 Å². The van der Waals surface area contributed by atoms with Gasteiger partial charge in [0, 0.05) is 47.7 Å². The molecule has 0 unspecified atom stereocenters. The number of pyridine rings is 3. The first kappa shape index (κ1) is 24.3. The molecule has 0 radical (unpaired) electrons. The SMILES string of the molecule is COc1cc(F)cc(-c2nccc3[nH]c(-c4n[nH]c5cnc(-c6cncc(CN7CCCCC7)c6)cc45)nc23)c1. The van der Waals surface area contributed by atoms with Gasteiger partial charge >= 0.3 is 0 Å². The minimum absolute atomic E-state index is 0.406. The standard InChI is InChI=1S/C30H27FN8O/c1-40-22-11-19(10-21(31)12-22)27-29-24(5-6-33-27)35-30(36-29)28-23-13-25(34-16-26(23)37-38-28)20-9-18(14-32-15-20)17-39-7-3-2-4-8-39/h5-6,9-16H,2-4,7-8,17H2,1H3,(H,35,36)(H,37,38). The molecule has 7 rings (SSSR count). The van der Waals surface area contributed by atoms with Crippen LogP contribution in [0.3, 0.4) is 0 Å². The van der Waals surface area contributed by atoms with Gasteiger partial charge in [0.2, 0.25) is 0 Å². The van der Waals surface area contributed by atoms with E-state index in [1.165, 1.54) is 44.1 Å². The molecule has 9 nitrogen and oxygen atoms in total. The number of methoxy groups -OCH3 is 1. The van der Waals surface area contributed by atoms with Crippen molar-refractivity contribution < 1.29 is 9.13 Å². The lowest BCUT2D eigenvalue weighted by Crippen LogP contribution is -2.29. The highest BCUT2D eigenvalue weighted by molar-refractivity contribution is 5.96. The predicted octanol–water partition coefficient (Wildman–Crippen LogP) is 5.76. The number of fused-ring (bicyclic) bond motifs is 2. The number of H-pyrrole nitrogens is 2. The molecule has 2 N–H and O–H groups in total. The van der Waals surface area contributed by atoms with Gasteiger partial charge in [-0.25, -0.2) is 9.37 Å². The summed E-state index contributed by atoms with van der Waals surface area (Å²) in [5.74, 6) is 0.585. The zero-order chi connectivity index (χ0) is 27.1. The summed E-state index contributed by atoms with van der Waals surface area (Å²) >= 11 is 0. The molecule has 0 saturated carbocycles. The number of likely N-dealkylation sites (tertiary alicyclic amines) is 1. The fraction of sp³-hybridized carbons (Fsp3) is 0.233. The third kappa shape index (κ3) is 4.56. The molecule has 0 aliphatic carbocycles. The second-order valence-electron chi connectivity index (χ2n) is 10.1. The molecule has 5 aromatic heterocycles. The highest BCUT2D eigenvalue weighted by atomic mass is 19.1. The maximum atomic E-state index is 14.3. The lowest BCUT2D eigenvalue weighted by molar-refractivity contribution is 0.220. The van der Waals surface area contributed by atoms with E-state index in [9.17, 15) is 4.39 Å².